The molecule has 0 aliphatic carbocycles. The minimum atomic E-state index is 0.716. The normalized spacial score (nSPS) is 10.9. The first-order valence-corrected chi connectivity index (χ1v) is 6.43. The fourth-order valence-corrected chi connectivity index (χ4v) is 2.45. The standard InChI is InChI=1S/C16H17N3/c17-13-8-7-11(15(18)9-13)5-6-12-10-19-16-4-2-1-3-14(12)16/h1-4,7-10,19H,5-6,17-18H2. The summed E-state index contributed by atoms with van der Waals surface area (Å²) in [6, 6.07) is 14.1. The smallest absolute Gasteiger partial charge is 0.0456 e. The van der Waals surface area contributed by atoms with Gasteiger partial charge < -0.3 is 16.5 Å². The Morgan fingerprint density at radius 1 is 0.895 bits per heavy atom. The fraction of sp³-hybridized carbons (Fsp3) is 0.125. The SMILES string of the molecule is Nc1ccc(CCc2c[nH]c3ccccc23)c(N)c1. The van der Waals surface area contributed by atoms with Gasteiger partial charge in [0.2, 0.25) is 0 Å². The number of H-pyrrole nitrogens is 1. The first-order valence-electron chi connectivity index (χ1n) is 6.43. The fourth-order valence-electron chi connectivity index (χ4n) is 2.45. The molecule has 0 spiro atoms. The van der Waals surface area contributed by atoms with Gasteiger partial charge in [0.25, 0.3) is 0 Å². The van der Waals surface area contributed by atoms with Crippen molar-refractivity contribution < 1.29 is 0 Å². The van der Waals surface area contributed by atoms with Crippen LogP contribution >= 0.6 is 0 Å². The second kappa shape index (κ2) is 4.69. The van der Waals surface area contributed by atoms with Gasteiger partial charge in [-0.1, -0.05) is 24.3 Å². The molecule has 0 bridgehead atoms. The largest absolute Gasteiger partial charge is 0.399 e. The molecule has 3 rings (SSSR count). The summed E-state index contributed by atoms with van der Waals surface area (Å²) >= 11 is 0. The summed E-state index contributed by atoms with van der Waals surface area (Å²) in [7, 11) is 0. The van der Waals surface area contributed by atoms with Crippen LogP contribution in [0.3, 0.4) is 0 Å². The molecular weight excluding hydrogens is 234 g/mol. The lowest BCUT2D eigenvalue weighted by molar-refractivity contribution is 0.971. The monoisotopic (exact) mass is 251 g/mol. The molecule has 0 saturated heterocycles. The molecule has 0 amide bonds. The number of rotatable bonds is 3. The lowest BCUT2D eigenvalue weighted by atomic mass is 10.0. The van der Waals surface area contributed by atoms with E-state index in [-0.39, 0.29) is 0 Å². The van der Waals surface area contributed by atoms with Gasteiger partial charge in [-0.05, 0) is 42.2 Å². The van der Waals surface area contributed by atoms with E-state index in [9.17, 15) is 0 Å². The first kappa shape index (κ1) is 11.7. The van der Waals surface area contributed by atoms with Crippen molar-refractivity contribution in [1.29, 1.82) is 0 Å². The highest BCUT2D eigenvalue weighted by atomic mass is 14.7. The average Bonchev–Trinajstić information content (AvgIpc) is 2.81. The molecule has 1 heterocycles. The van der Waals surface area contributed by atoms with Crippen LogP contribution < -0.4 is 11.5 Å². The summed E-state index contributed by atoms with van der Waals surface area (Å²) in [6.07, 6.45) is 3.98. The molecule has 0 unspecified atom stereocenters. The van der Waals surface area contributed by atoms with Gasteiger partial charge in [0, 0.05) is 28.5 Å². The third-order valence-electron chi connectivity index (χ3n) is 3.51. The lowest BCUT2D eigenvalue weighted by Gasteiger charge is -2.06. The number of nitrogen functional groups attached to an aromatic ring is 2. The van der Waals surface area contributed by atoms with Crippen LogP contribution in [-0.2, 0) is 12.8 Å². The predicted molar refractivity (Wildman–Crippen MR) is 81.0 cm³/mol. The summed E-state index contributed by atoms with van der Waals surface area (Å²) in [5, 5.41) is 1.29. The molecule has 0 aliphatic rings. The Hall–Kier alpha value is -2.42. The molecule has 3 aromatic rings. The van der Waals surface area contributed by atoms with Crippen molar-refractivity contribution in [3.63, 3.8) is 0 Å². The molecule has 3 nitrogen and oxygen atoms in total. The van der Waals surface area contributed by atoms with Crippen LogP contribution in [0.1, 0.15) is 11.1 Å². The number of fused-ring (bicyclic) bond motifs is 1. The Balaban J connectivity index is 1.82. The number of aryl methyl sites for hydroxylation is 2. The van der Waals surface area contributed by atoms with Crippen molar-refractivity contribution in [3.05, 3.63) is 59.8 Å². The number of aromatic amines is 1. The highest BCUT2D eigenvalue weighted by Gasteiger charge is 2.05. The van der Waals surface area contributed by atoms with Gasteiger partial charge in [0.1, 0.15) is 0 Å². The zero-order valence-corrected chi connectivity index (χ0v) is 10.7. The number of nitrogens with two attached hydrogens (primary N) is 2. The zero-order valence-electron chi connectivity index (χ0n) is 10.7. The molecule has 3 heteroatoms. The number of para-hydroxylation sites is 1. The van der Waals surface area contributed by atoms with E-state index in [4.69, 9.17) is 11.5 Å². The maximum absolute atomic E-state index is 5.99. The average molecular weight is 251 g/mol. The highest BCUT2D eigenvalue weighted by Crippen LogP contribution is 2.22. The molecule has 0 atom stereocenters. The molecular formula is C16H17N3. The van der Waals surface area contributed by atoms with E-state index >= 15 is 0 Å². The minimum Gasteiger partial charge on any atom is -0.399 e. The lowest BCUT2D eigenvalue weighted by Crippen LogP contribution is -1.98. The van der Waals surface area contributed by atoms with Crippen molar-refractivity contribution in [1.82, 2.24) is 4.98 Å². The van der Waals surface area contributed by atoms with E-state index in [2.05, 4.69) is 29.4 Å². The molecule has 19 heavy (non-hydrogen) atoms. The summed E-state index contributed by atoms with van der Waals surface area (Å²) < 4.78 is 0. The maximum atomic E-state index is 5.99. The van der Waals surface area contributed by atoms with Crippen LogP contribution in [0.2, 0.25) is 0 Å². The summed E-state index contributed by atoms with van der Waals surface area (Å²) in [5.41, 5.74) is 16.8. The van der Waals surface area contributed by atoms with Crippen molar-refractivity contribution in [2.45, 2.75) is 12.8 Å². The highest BCUT2D eigenvalue weighted by molar-refractivity contribution is 5.83. The number of hydrogen-bond donors (Lipinski definition) is 3. The number of hydrogen-bond acceptors (Lipinski definition) is 2. The van der Waals surface area contributed by atoms with Crippen molar-refractivity contribution in [2.24, 2.45) is 0 Å². The quantitative estimate of drug-likeness (QED) is 0.626. The first-order chi connectivity index (χ1) is 9.24. The topological polar surface area (TPSA) is 67.8 Å². The van der Waals surface area contributed by atoms with E-state index in [1.807, 2.05) is 24.3 Å². The summed E-state index contributed by atoms with van der Waals surface area (Å²) in [6.45, 7) is 0. The van der Waals surface area contributed by atoms with E-state index in [0.29, 0.717) is 5.69 Å². The summed E-state index contributed by atoms with van der Waals surface area (Å²) in [5.74, 6) is 0. The maximum Gasteiger partial charge on any atom is 0.0456 e. The Bertz CT molecular complexity index is 713. The van der Waals surface area contributed by atoms with Crippen LogP contribution in [0.5, 0.6) is 0 Å². The second-order valence-corrected chi connectivity index (χ2v) is 4.82. The third-order valence-corrected chi connectivity index (χ3v) is 3.51. The second-order valence-electron chi connectivity index (χ2n) is 4.82. The Kier molecular flexibility index (Phi) is 2.88. The number of nitrogens with one attached hydrogen (secondary N) is 1. The molecule has 2 aromatic carbocycles. The van der Waals surface area contributed by atoms with Crippen molar-refractivity contribution in [2.75, 3.05) is 11.5 Å². The van der Waals surface area contributed by atoms with Crippen LogP contribution in [0, 0.1) is 0 Å². The molecule has 0 aliphatic heterocycles. The van der Waals surface area contributed by atoms with Crippen LogP contribution in [0.4, 0.5) is 11.4 Å². The van der Waals surface area contributed by atoms with Crippen LogP contribution in [-0.4, -0.2) is 4.98 Å². The van der Waals surface area contributed by atoms with Gasteiger partial charge in [-0.3, -0.25) is 0 Å². The van der Waals surface area contributed by atoms with Crippen molar-refractivity contribution in [3.8, 4) is 0 Å². The Morgan fingerprint density at radius 3 is 2.53 bits per heavy atom. The van der Waals surface area contributed by atoms with E-state index in [0.717, 1.165) is 24.1 Å². The predicted octanol–water partition coefficient (Wildman–Crippen LogP) is 3.12. The number of anilines is 2. The molecule has 5 N–H and O–H groups in total. The zero-order chi connectivity index (χ0) is 13.2. The third kappa shape index (κ3) is 2.27. The van der Waals surface area contributed by atoms with E-state index in [1.165, 1.54) is 16.5 Å². The van der Waals surface area contributed by atoms with Gasteiger partial charge >= 0.3 is 0 Å². The van der Waals surface area contributed by atoms with Gasteiger partial charge in [0.05, 0.1) is 0 Å². The number of benzene rings is 2. The number of aromatic nitrogens is 1. The van der Waals surface area contributed by atoms with Crippen molar-refractivity contribution >= 4 is 22.3 Å². The Morgan fingerprint density at radius 2 is 1.68 bits per heavy atom. The molecule has 1 aromatic heterocycles. The van der Waals surface area contributed by atoms with Gasteiger partial charge in [-0.25, -0.2) is 0 Å². The Labute approximate surface area is 112 Å². The summed E-state index contributed by atoms with van der Waals surface area (Å²) in [4.78, 5) is 3.30. The molecule has 96 valence electrons. The van der Waals surface area contributed by atoms with Crippen LogP contribution in [0.15, 0.2) is 48.7 Å². The van der Waals surface area contributed by atoms with Gasteiger partial charge in [-0.2, -0.15) is 0 Å². The molecule has 0 radical (unpaired) electrons. The van der Waals surface area contributed by atoms with Gasteiger partial charge in [0.15, 0.2) is 0 Å². The van der Waals surface area contributed by atoms with E-state index in [1.54, 1.807) is 0 Å². The van der Waals surface area contributed by atoms with Crippen LogP contribution in [0.25, 0.3) is 10.9 Å². The minimum absolute atomic E-state index is 0.716. The van der Waals surface area contributed by atoms with E-state index < -0.39 is 0 Å². The molecule has 0 fully saturated rings. The van der Waals surface area contributed by atoms with Gasteiger partial charge in [-0.15, -0.1) is 0 Å². The molecule has 0 saturated carbocycles.